The van der Waals surface area contributed by atoms with E-state index in [2.05, 4.69) is 0 Å². The fourth-order valence-corrected chi connectivity index (χ4v) is 11.0. The monoisotopic (exact) mass is 1060 g/mol. The van der Waals surface area contributed by atoms with Gasteiger partial charge in [-0.25, -0.2) is 4.79 Å². The van der Waals surface area contributed by atoms with E-state index in [0.717, 1.165) is 31.3 Å². The Morgan fingerprint density at radius 2 is 1.56 bits per heavy atom. The maximum Gasteiger partial charge on any atom is 0.329 e. The van der Waals surface area contributed by atoms with Crippen LogP contribution < -0.4 is 0 Å². The molecule has 0 aromatic heterocycles. The van der Waals surface area contributed by atoms with Gasteiger partial charge in [-0.2, -0.15) is 0 Å². The quantitative estimate of drug-likeness (QED) is 0.0639. The maximum atomic E-state index is 14.6. The molecule has 1 aliphatic carbocycles. The van der Waals surface area contributed by atoms with E-state index in [-0.39, 0.29) is 87.2 Å². The zero-order valence-corrected chi connectivity index (χ0v) is 46.8. The summed E-state index contributed by atoms with van der Waals surface area (Å²) in [5.74, 6) is -7.97. The lowest BCUT2D eigenvalue weighted by Gasteiger charge is -2.42. The van der Waals surface area contributed by atoms with Crippen molar-refractivity contribution in [3.05, 3.63) is 47.6 Å². The molecule has 0 radical (unpaired) electrons. The molecular weight excluding hydrogens is 967 g/mol. The molecule has 15 atom stereocenters. The number of fused-ring (bicyclic) bond motifs is 3. The lowest BCUT2D eigenvalue weighted by atomic mass is 9.80. The predicted molar refractivity (Wildman–Crippen MR) is 282 cm³/mol. The number of cyclic esters (lactones) is 1. The third-order valence-corrected chi connectivity index (χ3v) is 15.9. The van der Waals surface area contributed by atoms with Gasteiger partial charge in [-0.3, -0.25) is 19.2 Å². The van der Waals surface area contributed by atoms with Crippen molar-refractivity contribution in [3.63, 3.8) is 0 Å². The Morgan fingerprint density at radius 3 is 2.27 bits per heavy atom. The van der Waals surface area contributed by atoms with Crippen molar-refractivity contribution < 1.29 is 77.2 Å². The van der Waals surface area contributed by atoms with Gasteiger partial charge in [0.2, 0.25) is 5.79 Å². The Labute approximate surface area is 447 Å². The normalized spacial score (nSPS) is 35.5. The molecule has 2 bridgehead atoms. The molecule has 17 nitrogen and oxygen atoms in total. The van der Waals surface area contributed by atoms with E-state index in [4.69, 9.17) is 37.9 Å². The van der Waals surface area contributed by atoms with Gasteiger partial charge >= 0.3 is 5.97 Å². The molecule has 3 N–H and O–H groups in total. The standard InChI is InChI=1S/C58H93NO16/c1-37-16-12-11-13-17-38(2)49(73-31-30-71-29-28-68-8)35-45-23-20-43(7)58(67,75-45)55(64)56(65)59-25-15-14-18-46(59)57(66)74-50(39(3)19-21-44-22-24-48(72-27-26-60)51(34-44)69-9)36-47(61)40(4)33-42(6)53(63)54(70-10)52(62)41(5)32-37/h11-13,16-17,33,37,39-41,43-46,48-51,53-54,60,63,67H,14-15,18-32,34-36H2,1-10H3/b13-11?,16-12+,38-17?,42-33+/t37-,39-,40-,41-,43-,44-,45+,46+,48-,49?,50+,51-,53-,54+,58-/m1/s1. The van der Waals surface area contributed by atoms with E-state index in [1.807, 2.05) is 58.1 Å². The molecule has 0 aromatic carbocycles. The first-order chi connectivity index (χ1) is 35.8. The second-order valence-corrected chi connectivity index (χ2v) is 21.7. The SMILES string of the molecule is COCCOCCOC1C[C@@H]2CC[C@@H](C)[C@@](O)(O2)C(=O)C(=O)N2CCCC[C@H]2C(=O)O[C@H]([C@H](C)CC[C@@H]2CC[C@@H](OCCO)[C@H](OC)C2)CC(=O)[C@H](C)/C=C(\C)[C@@H](O)[C@@H](OC)C(=O)[C@H](C)C[C@H](C)/C=C/C=CC=C1C. The summed E-state index contributed by atoms with van der Waals surface area (Å²) < 4.78 is 47.0. The smallest absolute Gasteiger partial charge is 0.329 e. The average Bonchev–Trinajstić information content (AvgIpc) is 3.40. The zero-order valence-electron chi connectivity index (χ0n) is 46.8. The van der Waals surface area contributed by atoms with Crippen molar-refractivity contribution in [2.24, 2.45) is 35.5 Å². The van der Waals surface area contributed by atoms with Crippen LogP contribution >= 0.6 is 0 Å². The Kier molecular flexibility index (Phi) is 27.7. The van der Waals surface area contributed by atoms with Crippen LogP contribution in [0, 0.1) is 35.5 Å². The molecular formula is C58H93NO16. The molecule has 4 aliphatic rings. The van der Waals surface area contributed by atoms with Gasteiger partial charge in [0.05, 0.1) is 64.1 Å². The van der Waals surface area contributed by atoms with Crippen molar-refractivity contribution >= 4 is 29.2 Å². The summed E-state index contributed by atoms with van der Waals surface area (Å²) in [6.07, 6.45) is 12.8. The van der Waals surface area contributed by atoms with Crippen LogP contribution in [0.1, 0.15) is 132 Å². The molecule has 1 amide bonds. The van der Waals surface area contributed by atoms with E-state index >= 15 is 0 Å². The molecule has 17 heteroatoms. The second kappa shape index (κ2) is 32.4. The Hall–Kier alpha value is -3.49. The molecule has 0 spiro atoms. The molecule has 1 unspecified atom stereocenters. The largest absolute Gasteiger partial charge is 0.460 e. The number of nitrogens with zero attached hydrogens (tertiary/aromatic N) is 1. The Bertz CT molecular complexity index is 1930. The molecule has 3 heterocycles. The lowest BCUT2D eigenvalue weighted by molar-refractivity contribution is -0.266. The first kappa shape index (κ1) is 64.0. The number of aliphatic hydroxyl groups excluding tert-OH is 2. The highest BCUT2D eigenvalue weighted by Crippen LogP contribution is 2.38. The van der Waals surface area contributed by atoms with E-state index < -0.39 is 77.8 Å². The minimum atomic E-state index is -2.48. The summed E-state index contributed by atoms with van der Waals surface area (Å²) in [7, 11) is 4.63. The number of esters is 1. The number of Topliss-reactive ketones (excluding diaryl/α,β-unsaturated/α-hetero) is 3. The zero-order chi connectivity index (χ0) is 55.2. The minimum absolute atomic E-state index is 0.00788. The number of hydrogen-bond acceptors (Lipinski definition) is 16. The molecule has 4 rings (SSSR count). The van der Waals surface area contributed by atoms with Gasteiger partial charge in [0.1, 0.15) is 30.1 Å². The van der Waals surface area contributed by atoms with E-state index in [0.29, 0.717) is 63.9 Å². The van der Waals surface area contributed by atoms with Crippen LogP contribution in [0.15, 0.2) is 47.6 Å². The van der Waals surface area contributed by atoms with Crippen LogP contribution in [0.4, 0.5) is 0 Å². The highest BCUT2D eigenvalue weighted by molar-refractivity contribution is 6.39. The summed E-state index contributed by atoms with van der Waals surface area (Å²) in [4.78, 5) is 72.8. The summed E-state index contributed by atoms with van der Waals surface area (Å²) in [6.45, 7) is 14.3. The third kappa shape index (κ3) is 19.1. The van der Waals surface area contributed by atoms with E-state index in [1.54, 1.807) is 41.1 Å². The number of ether oxygens (including phenoxy) is 8. The molecule has 2 saturated heterocycles. The Morgan fingerprint density at radius 1 is 0.813 bits per heavy atom. The highest BCUT2D eigenvalue weighted by atomic mass is 16.6. The van der Waals surface area contributed by atoms with Crippen molar-refractivity contribution in [1.29, 1.82) is 0 Å². The van der Waals surface area contributed by atoms with Crippen LogP contribution in [0.3, 0.4) is 0 Å². The number of methoxy groups -OCH3 is 3. The van der Waals surface area contributed by atoms with Crippen LogP contribution in [-0.4, -0.2) is 172 Å². The van der Waals surface area contributed by atoms with Crippen molar-refractivity contribution in [2.45, 2.75) is 186 Å². The fourth-order valence-electron chi connectivity index (χ4n) is 11.0. The van der Waals surface area contributed by atoms with Gasteiger partial charge in [0, 0.05) is 58.5 Å². The number of hydrogen-bond donors (Lipinski definition) is 3. The number of aliphatic hydroxyl groups is 3. The molecule has 0 aromatic rings. The summed E-state index contributed by atoms with van der Waals surface area (Å²) in [6, 6.07) is -1.16. The predicted octanol–water partition coefficient (Wildman–Crippen LogP) is 6.62. The number of piperidine rings is 1. The summed E-state index contributed by atoms with van der Waals surface area (Å²) in [5.41, 5.74) is 1.23. The van der Waals surface area contributed by atoms with Gasteiger partial charge in [-0.1, -0.05) is 71.1 Å². The third-order valence-electron chi connectivity index (χ3n) is 15.9. The average molecular weight is 1060 g/mol. The second-order valence-electron chi connectivity index (χ2n) is 21.7. The van der Waals surface area contributed by atoms with Gasteiger partial charge in [-0.15, -0.1) is 0 Å². The van der Waals surface area contributed by atoms with Gasteiger partial charge < -0.3 is 58.1 Å². The molecule has 3 aliphatic heterocycles. The van der Waals surface area contributed by atoms with Crippen LogP contribution in [0.25, 0.3) is 0 Å². The molecule has 1 saturated carbocycles. The van der Waals surface area contributed by atoms with Crippen LogP contribution in [0.5, 0.6) is 0 Å². The highest BCUT2D eigenvalue weighted by Gasteiger charge is 2.53. The fraction of sp³-hybridized carbons (Fsp3) is 0.776. The number of ketones is 3. The van der Waals surface area contributed by atoms with Crippen LogP contribution in [0.2, 0.25) is 0 Å². The van der Waals surface area contributed by atoms with E-state index in [9.17, 15) is 39.3 Å². The van der Waals surface area contributed by atoms with Gasteiger partial charge in [-0.05, 0) is 113 Å². The lowest BCUT2D eigenvalue weighted by Crippen LogP contribution is -2.61. The number of rotatable bonds is 16. The van der Waals surface area contributed by atoms with Crippen molar-refractivity contribution in [3.8, 4) is 0 Å². The Balaban J connectivity index is 1.69. The van der Waals surface area contributed by atoms with Crippen molar-refractivity contribution in [1.82, 2.24) is 4.90 Å². The molecule has 426 valence electrons. The van der Waals surface area contributed by atoms with Crippen LogP contribution in [-0.2, 0) is 61.9 Å². The van der Waals surface area contributed by atoms with Crippen molar-refractivity contribution in [2.75, 3.05) is 67.5 Å². The van der Waals surface area contributed by atoms with Gasteiger partial charge in [0.25, 0.3) is 11.7 Å². The minimum Gasteiger partial charge on any atom is -0.460 e. The number of allylic oxidation sites excluding steroid dienone is 6. The first-order valence-electron chi connectivity index (χ1n) is 27.7. The number of carbonyl (C=O) groups excluding carboxylic acids is 5. The number of amides is 1. The topological polar surface area (TPSA) is 223 Å². The maximum absolute atomic E-state index is 14.6. The molecule has 75 heavy (non-hydrogen) atoms. The van der Waals surface area contributed by atoms with Gasteiger partial charge in [0.15, 0.2) is 5.78 Å². The van der Waals surface area contributed by atoms with E-state index in [1.165, 1.54) is 12.0 Å². The summed E-state index contributed by atoms with van der Waals surface area (Å²) >= 11 is 0. The first-order valence-corrected chi connectivity index (χ1v) is 27.7. The number of carbonyl (C=O) groups is 5. The molecule has 3 fully saturated rings. The summed E-state index contributed by atoms with van der Waals surface area (Å²) in [5, 5.41) is 33.0.